The van der Waals surface area contributed by atoms with Crippen molar-refractivity contribution in [3.63, 3.8) is 0 Å². The lowest BCUT2D eigenvalue weighted by atomic mass is 10.0. The van der Waals surface area contributed by atoms with Gasteiger partial charge < -0.3 is 9.72 Å². The van der Waals surface area contributed by atoms with Gasteiger partial charge in [0.2, 0.25) is 0 Å². The Morgan fingerprint density at radius 2 is 2.00 bits per heavy atom. The highest BCUT2D eigenvalue weighted by molar-refractivity contribution is 5.63. The fraction of sp³-hybridized carbons (Fsp3) is 0.238. The second-order valence-electron chi connectivity index (χ2n) is 7.39. The predicted octanol–water partition coefficient (Wildman–Crippen LogP) is 2.69. The van der Waals surface area contributed by atoms with Crippen molar-refractivity contribution in [1.29, 1.82) is 0 Å². The smallest absolute Gasteiger partial charge is 0.325 e. The van der Waals surface area contributed by atoms with Gasteiger partial charge in [0, 0.05) is 24.2 Å². The molecule has 2 atom stereocenters. The van der Waals surface area contributed by atoms with Gasteiger partial charge in [-0.2, -0.15) is 5.10 Å². The number of hydrogen-bond donors (Lipinski definition) is 2. The molecule has 0 saturated heterocycles. The molecule has 1 aromatic carbocycles. The Bertz CT molecular complexity index is 1360. The third kappa shape index (κ3) is 3.72. The monoisotopic (exact) mass is 425 g/mol. The van der Waals surface area contributed by atoms with Crippen molar-refractivity contribution in [2.24, 2.45) is 0 Å². The average Bonchev–Trinajstić information content (AvgIpc) is 3.40. The van der Waals surface area contributed by atoms with Crippen molar-refractivity contribution in [2.45, 2.75) is 24.7 Å². The van der Waals surface area contributed by atoms with E-state index in [0.29, 0.717) is 17.1 Å². The molecular formula is C21H17F2N5O3. The number of benzene rings is 1. The summed E-state index contributed by atoms with van der Waals surface area (Å²) in [5.41, 5.74) is 2.31. The normalized spacial score (nSPS) is 17.9. The Balaban J connectivity index is 1.45. The summed E-state index contributed by atoms with van der Waals surface area (Å²) >= 11 is 0. The number of nitrogens with zero attached hydrogens (tertiary/aromatic N) is 3. The van der Waals surface area contributed by atoms with Gasteiger partial charge in [-0.05, 0) is 42.0 Å². The van der Waals surface area contributed by atoms with Crippen LogP contribution in [-0.2, 0) is 0 Å². The topological polar surface area (TPSA) is 105 Å². The number of aromatic nitrogens is 5. The van der Waals surface area contributed by atoms with Crippen LogP contribution in [0.3, 0.4) is 0 Å². The molecule has 0 amide bonds. The first-order valence-electron chi connectivity index (χ1n) is 9.67. The van der Waals surface area contributed by atoms with Crippen molar-refractivity contribution < 1.29 is 13.5 Å². The van der Waals surface area contributed by atoms with Crippen molar-refractivity contribution in [1.82, 2.24) is 24.6 Å². The van der Waals surface area contributed by atoms with Gasteiger partial charge in [-0.1, -0.05) is 12.1 Å². The number of H-pyrrole nitrogens is 2. The molecule has 0 aliphatic heterocycles. The van der Waals surface area contributed by atoms with Crippen LogP contribution >= 0.6 is 0 Å². The van der Waals surface area contributed by atoms with E-state index in [-0.39, 0.29) is 17.4 Å². The van der Waals surface area contributed by atoms with E-state index in [1.165, 1.54) is 6.20 Å². The van der Waals surface area contributed by atoms with Crippen molar-refractivity contribution in [2.75, 3.05) is 6.61 Å². The highest BCUT2D eigenvalue weighted by atomic mass is 19.3. The first kappa shape index (κ1) is 19.2. The number of ether oxygens (including phenoxy) is 1. The highest BCUT2D eigenvalue weighted by Gasteiger charge is 2.41. The van der Waals surface area contributed by atoms with E-state index in [2.05, 4.69) is 20.1 Å². The zero-order chi connectivity index (χ0) is 21.5. The summed E-state index contributed by atoms with van der Waals surface area (Å²) in [7, 11) is 0. The number of hydrogen-bond acceptors (Lipinski definition) is 5. The van der Waals surface area contributed by atoms with Crippen LogP contribution < -0.4 is 16.0 Å². The van der Waals surface area contributed by atoms with Crippen LogP contribution in [0, 0.1) is 0 Å². The zero-order valence-corrected chi connectivity index (χ0v) is 16.1. The molecule has 1 fully saturated rings. The second kappa shape index (κ2) is 7.46. The molecule has 0 spiro atoms. The molecule has 8 nitrogen and oxygen atoms in total. The fourth-order valence-corrected chi connectivity index (χ4v) is 3.82. The molecule has 2 N–H and O–H groups in total. The first-order valence-corrected chi connectivity index (χ1v) is 9.67. The summed E-state index contributed by atoms with van der Waals surface area (Å²) < 4.78 is 31.3. The molecule has 10 heteroatoms. The molecule has 1 aliphatic carbocycles. The van der Waals surface area contributed by atoms with Gasteiger partial charge in [0.1, 0.15) is 12.4 Å². The van der Waals surface area contributed by atoms with E-state index in [0.717, 1.165) is 17.5 Å². The lowest BCUT2D eigenvalue weighted by molar-refractivity contribution is 0.0819. The molecular weight excluding hydrogens is 408 g/mol. The molecule has 0 radical (unpaired) electrons. The molecule has 158 valence electrons. The summed E-state index contributed by atoms with van der Waals surface area (Å²) in [5, 5.41) is 4.45. The third-order valence-corrected chi connectivity index (χ3v) is 5.36. The van der Waals surface area contributed by atoms with Crippen LogP contribution in [0.5, 0.6) is 5.75 Å². The second-order valence-corrected chi connectivity index (χ2v) is 7.39. The Kier molecular flexibility index (Phi) is 4.61. The molecule has 3 aromatic heterocycles. The van der Waals surface area contributed by atoms with Gasteiger partial charge in [-0.25, -0.2) is 23.1 Å². The van der Waals surface area contributed by atoms with E-state index in [9.17, 15) is 18.4 Å². The van der Waals surface area contributed by atoms with Crippen LogP contribution in [0.4, 0.5) is 8.78 Å². The van der Waals surface area contributed by atoms with Crippen molar-refractivity contribution in [3.05, 3.63) is 80.9 Å². The summed E-state index contributed by atoms with van der Waals surface area (Å²) in [5.74, 6) is 0.801. The minimum absolute atomic E-state index is 0.168. The van der Waals surface area contributed by atoms with Crippen LogP contribution in [0.1, 0.15) is 29.4 Å². The lowest BCUT2D eigenvalue weighted by Gasteiger charge is -2.08. The third-order valence-electron chi connectivity index (χ3n) is 5.36. The molecule has 5 rings (SSSR count). The first-order chi connectivity index (χ1) is 15.0. The zero-order valence-electron chi connectivity index (χ0n) is 16.1. The minimum atomic E-state index is -2.51. The average molecular weight is 425 g/mol. The number of halogens is 2. The van der Waals surface area contributed by atoms with E-state index in [1.807, 2.05) is 18.2 Å². The summed E-state index contributed by atoms with van der Waals surface area (Å²) in [4.78, 5) is 32.6. The molecule has 31 heavy (non-hydrogen) atoms. The largest absolute Gasteiger partial charge is 0.488 e. The van der Waals surface area contributed by atoms with E-state index < -0.39 is 24.3 Å². The van der Waals surface area contributed by atoms with Crippen molar-refractivity contribution in [3.8, 4) is 17.0 Å². The van der Waals surface area contributed by atoms with Gasteiger partial charge in [0.15, 0.2) is 5.65 Å². The summed E-state index contributed by atoms with van der Waals surface area (Å²) in [6.07, 6.45) is 3.05. The van der Waals surface area contributed by atoms with Gasteiger partial charge >= 0.3 is 5.69 Å². The Labute approximate surface area is 173 Å². The number of nitrogens with one attached hydrogen (secondary N) is 2. The number of aromatic amines is 2. The molecule has 1 aliphatic rings. The standard InChI is InChI=1S/C21H17F2N5O3/c22-18(23)10-31-12-3-1-11(2-4-12)13-7-14(13)15-8-17(27-28-6-5-24-19(15)28)16-9-25-21(30)26-20(16)29/h1-6,8-9,13-14,18H,7,10H2,(H2,25,26,29,30)/t13-,14+/m1/s1. The van der Waals surface area contributed by atoms with E-state index in [4.69, 9.17) is 4.74 Å². The number of fused-ring (bicyclic) bond motifs is 1. The summed E-state index contributed by atoms with van der Waals surface area (Å²) in [6.45, 7) is -0.632. The molecule has 0 unspecified atom stereocenters. The highest BCUT2D eigenvalue weighted by Crippen LogP contribution is 2.55. The van der Waals surface area contributed by atoms with Gasteiger partial charge in [0.25, 0.3) is 12.0 Å². The quantitative estimate of drug-likeness (QED) is 0.494. The van der Waals surface area contributed by atoms with Gasteiger partial charge in [-0.3, -0.25) is 9.78 Å². The maximum Gasteiger partial charge on any atom is 0.325 e. The Morgan fingerprint density at radius 3 is 2.74 bits per heavy atom. The minimum Gasteiger partial charge on any atom is -0.488 e. The van der Waals surface area contributed by atoms with Crippen molar-refractivity contribution >= 4 is 5.65 Å². The van der Waals surface area contributed by atoms with Gasteiger partial charge in [-0.15, -0.1) is 0 Å². The Hall–Kier alpha value is -3.82. The Morgan fingerprint density at radius 1 is 1.19 bits per heavy atom. The van der Waals surface area contributed by atoms with Crippen LogP contribution in [-0.4, -0.2) is 37.6 Å². The van der Waals surface area contributed by atoms with E-state index >= 15 is 0 Å². The fourth-order valence-electron chi connectivity index (χ4n) is 3.82. The molecule has 1 saturated carbocycles. The van der Waals surface area contributed by atoms with Crippen LogP contribution in [0.15, 0.2) is 58.5 Å². The number of imidazole rings is 1. The molecule has 4 aromatic rings. The molecule has 0 bridgehead atoms. The maximum atomic E-state index is 12.3. The maximum absolute atomic E-state index is 12.3. The lowest BCUT2D eigenvalue weighted by Crippen LogP contribution is -2.23. The van der Waals surface area contributed by atoms with Gasteiger partial charge in [0.05, 0.1) is 11.3 Å². The number of rotatable bonds is 6. The molecule has 3 heterocycles. The van der Waals surface area contributed by atoms with E-state index in [1.54, 1.807) is 29.0 Å². The predicted molar refractivity (Wildman–Crippen MR) is 108 cm³/mol. The summed E-state index contributed by atoms with van der Waals surface area (Å²) in [6, 6.07) is 8.97. The van der Waals surface area contributed by atoms with Crippen LogP contribution in [0.25, 0.3) is 16.9 Å². The van der Waals surface area contributed by atoms with Crippen LogP contribution in [0.2, 0.25) is 0 Å². The SMILES string of the molecule is O=c1[nH]cc(-c2cc([C@H]3C[C@@H]3c3ccc(OCC(F)F)cc3)c3nccn3n2)c(=O)[nH]1. The number of alkyl halides is 2.